The molecular formula is C15H18FN3. The standard InChI is InChI=1S/C15H18FN3/c1-9-4-2-7-12(9)14-13(15(17)19-18-14)10-5-3-6-11(16)8-10/h3,5-6,8-9,12H,2,4,7H2,1H3,(H3,17,18,19). The molecule has 0 amide bonds. The molecule has 0 bridgehead atoms. The van der Waals surface area contributed by atoms with Crippen molar-refractivity contribution in [1.82, 2.24) is 10.2 Å². The summed E-state index contributed by atoms with van der Waals surface area (Å²) in [5.41, 5.74) is 8.71. The Kier molecular flexibility index (Phi) is 3.01. The van der Waals surface area contributed by atoms with Gasteiger partial charge in [-0.05, 0) is 30.0 Å². The van der Waals surface area contributed by atoms with Crippen molar-refractivity contribution in [3.8, 4) is 11.1 Å². The van der Waals surface area contributed by atoms with Gasteiger partial charge in [-0.25, -0.2) is 4.39 Å². The van der Waals surface area contributed by atoms with E-state index in [0.717, 1.165) is 23.2 Å². The van der Waals surface area contributed by atoms with Crippen LogP contribution >= 0.6 is 0 Å². The van der Waals surface area contributed by atoms with Crippen LogP contribution in [0.15, 0.2) is 24.3 Å². The third-order valence-electron chi connectivity index (χ3n) is 4.17. The van der Waals surface area contributed by atoms with Gasteiger partial charge in [0, 0.05) is 17.2 Å². The van der Waals surface area contributed by atoms with Crippen LogP contribution in [0.3, 0.4) is 0 Å². The second kappa shape index (κ2) is 4.68. The highest BCUT2D eigenvalue weighted by Crippen LogP contribution is 2.43. The van der Waals surface area contributed by atoms with E-state index in [-0.39, 0.29) is 5.82 Å². The van der Waals surface area contributed by atoms with Crippen molar-refractivity contribution in [3.63, 3.8) is 0 Å². The smallest absolute Gasteiger partial charge is 0.153 e. The van der Waals surface area contributed by atoms with E-state index in [1.54, 1.807) is 6.07 Å². The van der Waals surface area contributed by atoms with Crippen molar-refractivity contribution in [3.05, 3.63) is 35.8 Å². The molecule has 1 aliphatic rings. The lowest BCUT2D eigenvalue weighted by atomic mass is 9.90. The lowest BCUT2D eigenvalue weighted by Crippen LogP contribution is -2.04. The Bertz CT molecular complexity index is 591. The molecular weight excluding hydrogens is 241 g/mol. The summed E-state index contributed by atoms with van der Waals surface area (Å²) in [6, 6.07) is 6.55. The van der Waals surface area contributed by atoms with Gasteiger partial charge in [0.25, 0.3) is 0 Å². The van der Waals surface area contributed by atoms with E-state index in [9.17, 15) is 4.39 Å². The van der Waals surface area contributed by atoms with Gasteiger partial charge in [-0.3, -0.25) is 5.10 Å². The van der Waals surface area contributed by atoms with Crippen molar-refractivity contribution >= 4 is 5.82 Å². The molecule has 1 fully saturated rings. The molecule has 2 aromatic rings. The second-order valence-corrected chi connectivity index (χ2v) is 5.42. The van der Waals surface area contributed by atoms with Crippen LogP contribution in [-0.2, 0) is 0 Å². The van der Waals surface area contributed by atoms with Gasteiger partial charge in [0.05, 0.1) is 0 Å². The van der Waals surface area contributed by atoms with Crippen molar-refractivity contribution in [2.75, 3.05) is 5.73 Å². The van der Waals surface area contributed by atoms with Crippen molar-refractivity contribution in [2.24, 2.45) is 5.92 Å². The number of hydrogen-bond acceptors (Lipinski definition) is 2. The maximum atomic E-state index is 13.4. The molecule has 0 spiro atoms. The molecule has 0 radical (unpaired) electrons. The molecule has 0 saturated heterocycles. The first-order valence-electron chi connectivity index (χ1n) is 6.76. The van der Waals surface area contributed by atoms with Crippen LogP contribution in [0, 0.1) is 11.7 Å². The van der Waals surface area contributed by atoms with E-state index in [4.69, 9.17) is 5.73 Å². The largest absolute Gasteiger partial charge is 0.382 e. The molecule has 3 nitrogen and oxygen atoms in total. The van der Waals surface area contributed by atoms with Gasteiger partial charge in [0.15, 0.2) is 5.82 Å². The summed E-state index contributed by atoms with van der Waals surface area (Å²) in [6.07, 6.45) is 3.60. The molecule has 1 aromatic carbocycles. The average molecular weight is 259 g/mol. The molecule has 2 unspecified atom stereocenters. The molecule has 19 heavy (non-hydrogen) atoms. The number of nitrogen functional groups attached to an aromatic ring is 1. The highest BCUT2D eigenvalue weighted by Gasteiger charge is 2.29. The van der Waals surface area contributed by atoms with Crippen LogP contribution in [0.25, 0.3) is 11.1 Å². The van der Waals surface area contributed by atoms with Gasteiger partial charge in [-0.2, -0.15) is 5.10 Å². The van der Waals surface area contributed by atoms with Gasteiger partial charge in [0.1, 0.15) is 5.82 Å². The topological polar surface area (TPSA) is 54.7 Å². The van der Waals surface area contributed by atoms with Gasteiger partial charge in [-0.1, -0.05) is 31.9 Å². The summed E-state index contributed by atoms with van der Waals surface area (Å²) in [7, 11) is 0. The molecule has 2 atom stereocenters. The molecule has 1 aromatic heterocycles. The van der Waals surface area contributed by atoms with E-state index >= 15 is 0 Å². The first-order valence-corrected chi connectivity index (χ1v) is 6.76. The number of aromatic amines is 1. The Morgan fingerprint density at radius 2 is 2.21 bits per heavy atom. The Labute approximate surface area is 112 Å². The van der Waals surface area contributed by atoms with Crippen molar-refractivity contribution in [1.29, 1.82) is 0 Å². The molecule has 1 aliphatic carbocycles. The minimum atomic E-state index is -0.247. The van der Waals surface area contributed by atoms with E-state index in [0.29, 0.717) is 17.7 Å². The van der Waals surface area contributed by atoms with Crippen LogP contribution in [-0.4, -0.2) is 10.2 Å². The number of aromatic nitrogens is 2. The fourth-order valence-corrected chi connectivity index (χ4v) is 3.16. The number of anilines is 1. The average Bonchev–Trinajstić information content (AvgIpc) is 2.95. The normalized spacial score (nSPS) is 22.8. The summed E-state index contributed by atoms with van der Waals surface area (Å²) >= 11 is 0. The zero-order chi connectivity index (χ0) is 13.4. The second-order valence-electron chi connectivity index (χ2n) is 5.42. The maximum absolute atomic E-state index is 13.4. The van der Waals surface area contributed by atoms with E-state index < -0.39 is 0 Å². The number of benzene rings is 1. The predicted molar refractivity (Wildman–Crippen MR) is 74.2 cm³/mol. The highest BCUT2D eigenvalue weighted by molar-refractivity contribution is 5.76. The quantitative estimate of drug-likeness (QED) is 0.864. The first-order chi connectivity index (χ1) is 9.16. The highest BCUT2D eigenvalue weighted by atomic mass is 19.1. The lowest BCUT2D eigenvalue weighted by molar-refractivity contribution is 0.522. The Hall–Kier alpha value is -1.84. The van der Waals surface area contributed by atoms with Crippen LogP contribution in [0.4, 0.5) is 10.2 Å². The molecule has 3 N–H and O–H groups in total. The summed E-state index contributed by atoms with van der Waals surface area (Å²) in [5.74, 6) is 1.28. The Morgan fingerprint density at radius 3 is 2.89 bits per heavy atom. The minimum absolute atomic E-state index is 0.247. The monoisotopic (exact) mass is 259 g/mol. The molecule has 4 heteroatoms. The van der Waals surface area contributed by atoms with Crippen molar-refractivity contribution < 1.29 is 4.39 Å². The third-order valence-corrected chi connectivity index (χ3v) is 4.17. The number of nitrogens with zero attached hydrogens (tertiary/aromatic N) is 1. The number of nitrogens with two attached hydrogens (primary N) is 1. The number of nitrogens with one attached hydrogen (secondary N) is 1. The Balaban J connectivity index is 2.08. The van der Waals surface area contributed by atoms with Gasteiger partial charge in [-0.15, -0.1) is 0 Å². The lowest BCUT2D eigenvalue weighted by Gasteiger charge is -2.15. The molecule has 1 saturated carbocycles. The summed E-state index contributed by atoms with van der Waals surface area (Å²) in [5, 5.41) is 7.20. The van der Waals surface area contributed by atoms with Crippen molar-refractivity contribution in [2.45, 2.75) is 32.1 Å². The van der Waals surface area contributed by atoms with Gasteiger partial charge < -0.3 is 5.73 Å². The molecule has 1 heterocycles. The molecule has 0 aliphatic heterocycles. The summed E-state index contributed by atoms with van der Waals surface area (Å²) in [6.45, 7) is 2.25. The zero-order valence-electron chi connectivity index (χ0n) is 11.0. The van der Waals surface area contributed by atoms with Crippen LogP contribution in [0.1, 0.15) is 37.8 Å². The summed E-state index contributed by atoms with van der Waals surface area (Å²) < 4.78 is 13.4. The van der Waals surface area contributed by atoms with Gasteiger partial charge in [0.2, 0.25) is 0 Å². The zero-order valence-corrected chi connectivity index (χ0v) is 11.0. The Morgan fingerprint density at radius 1 is 1.37 bits per heavy atom. The number of rotatable bonds is 2. The van der Waals surface area contributed by atoms with Crippen LogP contribution in [0.5, 0.6) is 0 Å². The maximum Gasteiger partial charge on any atom is 0.153 e. The molecule has 3 rings (SSSR count). The van der Waals surface area contributed by atoms with E-state index in [2.05, 4.69) is 17.1 Å². The summed E-state index contributed by atoms with van der Waals surface area (Å²) in [4.78, 5) is 0. The fourth-order valence-electron chi connectivity index (χ4n) is 3.16. The minimum Gasteiger partial charge on any atom is -0.382 e. The number of hydrogen-bond donors (Lipinski definition) is 2. The number of halogens is 1. The molecule has 100 valence electrons. The predicted octanol–water partition coefficient (Wildman–Crippen LogP) is 3.70. The first kappa shape index (κ1) is 12.2. The van der Waals surface area contributed by atoms with E-state index in [1.807, 2.05) is 6.07 Å². The fraction of sp³-hybridized carbons (Fsp3) is 0.400. The van der Waals surface area contributed by atoms with Gasteiger partial charge >= 0.3 is 0 Å². The number of H-pyrrole nitrogens is 1. The van der Waals surface area contributed by atoms with E-state index in [1.165, 1.54) is 25.0 Å². The van der Waals surface area contributed by atoms with Crippen LogP contribution < -0.4 is 5.73 Å². The SMILES string of the molecule is CC1CCCC1c1[nH]nc(N)c1-c1cccc(F)c1. The van der Waals surface area contributed by atoms with Crippen LogP contribution in [0.2, 0.25) is 0 Å². The third kappa shape index (κ3) is 2.11.